The quantitative estimate of drug-likeness (QED) is 0.610. The Morgan fingerprint density at radius 2 is 2.38 bits per heavy atom. The number of hydrogen-bond acceptors (Lipinski definition) is 4. The van der Waals surface area contributed by atoms with Crippen LogP contribution in [0.4, 0.5) is 0 Å². The van der Waals surface area contributed by atoms with Crippen molar-refractivity contribution >= 4 is 0 Å². The summed E-state index contributed by atoms with van der Waals surface area (Å²) in [5.41, 5.74) is 0.0321. The molecule has 1 aliphatic rings. The summed E-state index contributed by atoms with van der Waals surface area (Å²) < 4.78 is 10.7. The molecule has 0 aromatic heterocycles. The number of β-amino-alcohol motifs (C(OH)–C–C–N with tert-alkyl or cyclic N) is 1. The molecule has 2 N–H and O–H groups in total. The molecule has 0 aliphatic carbocycles. The molecule has 2 unspecified atom stereocenters. The third kappa shape index (κ3) is 5.25. The zero-order valence-electron chi connectivity index (χ0n) is 10.5. The zero-order valence-corrected chi connectivity index (χ0v) is 10.5. The van der Waals surface area contributed by atoms with Crippen molar-refractivity contribution < 1.29 is 14.6 Å². The van der Waals surface area contributed by atoms with Gasteiger partial charge in [-0.25, -0.2) is 0 Å². The summed E-state index contributed by atoms with van der Waals surface area (Å²) in [6.45, 7) is 7.54. The molecule has 0 saturated carbocycles. The van der Waals surface area contributed by atoms with E-state index in [0.717, 1.165) is 39.1 Å². The molecule has 16 heavy (non-hydrogen) atoms. The van der Waals surface area contributed by atoms with Crippen LogP contribution in [0.1, 0.15) is 33.1 Å². The van der Waals surface area contributed by atoms with Crippen LogP contribution < -0.4 is 5.32 Å². The average Bonchev–Trinajstić information content (AvgIpc) is 2.70. The molecule has 1 heterocycles. The van der Waals surface area contributed by atoms with Crippen LogP contribution in [0.15, 0.2) is 0 Å². The van der Waals surface area contributed by atoms with Crippen LogP contribution >= 0.6 is 0 Å². The number of nitrogens with one attached hydrogen (secondary N) is 1. The van der Waals surface area contributed by atoms with Gasteiger partial charge in [0.05, 0.1) is 19.3 Å². The van der Waals surface area contributed by atoms with Gasteiger partial charge in [-0.1, -0.05) is 13.3 Å². The van der Waals surface area contributed by atoms with Gasteiger partial charge in [-0.15, -0.1) is 0 Å². The second-order valence-electron chi connectivity index (χ2n) is 4.83. The minimum atomic E-state index is -0.422. The van der Waals surface area contributed by atoms with E-state index in [1.165, 1.54) is 0 Å². The fourth-order valence-electron chi connectivity index (χ4n) is 1.70. The molecular formula is C12H25NO3. The fraction of sp³-hybridized carbons (Fsp3) is 1.00. The van der Waals surface area contributed by atoms with Crippen LogP contribution in [-0.4, -0.2) is 49.7 Å². The molecular weight excluding hydrogens is 206 g/mol. The van der Waals surface area contributed by atoms with E-state index in [1.807, 2.05) is 0 Å². The second-order valence-corrected chi connectivity index (χ2v) is 4.83. The molecule has 1 saturated heterocycles. The molecule has 96 valence electrons. The van der Waals surface area contributed by atoms with E-state index >= 15 is 0 Å². The number of rotatable bonds is 8. The van der Waals surface area contributed by atoms with Crippen molar-refractivity contribution in [3.8, 4) is 0 Å². The topological polar surface area (TPSA) is 50.7 Å². The highest BCUT2D eigenvalue weighted by atomic mass is 16.5. The summed E-state index contributed by atoms with van der Waals surface area (Å²) in [6, 6.07) is 0. The first-order chi connectivity index (χ1) is 7.66. The Balaban J connectivity index is 2.03. The van der Waals surface area contributed by atoms with E-state index in [0.29, 0.717) is 13.2 Å². The molecule has 0 aromatic rings. The standard InChI is InChI=1S/C12H25NO3/c1-3-4-6-15-9-11(14)8-13-12(2)5-7-16-10-12/h11,13-14H,3-10H2,1-2H3. The molecule has 4 heteroatoms. The third-order valence-corrected chi connectivity index (χ3v) is 2.94. The summed E-state index contributed by atoms with van der Waals surface area (Å²) in [5.74, 6) is 0. The van der Waals surface area contributed by atoms with Crippen LogP contribution in [-0.2, 0) is 9.47 Å². The van der Waals surface area contributed by atoms with E-state index in [4.69, 9.17) is 9.47 Å². The smallest absolute Gasteiger partial charge is 0.0897 e. The van der Waals surface area contributed by atoms with E-state index in [2.05, 4.69) is 19.2 Å². The minimum Gasteiger partial charge on any atom is -0.389 e. The minimum absolute atomic E-state index is 0.0321. The normalized spacial score (nSPS) is 27.2. The van der Waals surface area contributed by atoms with Crippen LogP contribution in [0.2, 0.25) is 0 Å². The van der Waals surface area contributed by atoms with Crippen LogP contribution in [0, 0.1) is 0 Å². The van der Waals surface area contributed by atoms with Gasteiger partial charge in [-0.2, -0.15) is 0 Å². The predicted octanol–water partition coefficient (Wildman–Crippen LogP) is 0.933. The van der Waals surface area contributed by atoms with E-state index < -0.39 is 6.10 Å². The molecule has 0 spiro atoms. The van der Waals surface area contributed by atoms with Crippen LogP contribution in [0.3, 0.4) is 0 Å². The van der Waals surface area contributed by atoms with Gasteiger partial charge >= 0.3 is 0 Å². The van der Waals surface area contributed by atoms with Gasteiger partial charge in [-0.05, 0) is 19.8 Å². The lowest BCUT2D eigenvalue weighted by atomic mass is 10.0. The van der Waals surface area contributed by atoms with Crippen molar-refractivity contribution in [1.82, 2.24) is 5.32 Å². The van der Waals surface area contributed by atoms with Gasteiger partial charge in [0.2, 0.25) is 0 Å². The number of ether oxygens (including phenoxy) is 2. The first-order valence-electron chi connectivity index (χ1n) is 6.25. The highest BCUT2D eigenvalue weighted by Crippen LogP contribution is 2.16. The Bertz CT molecular complexity index is 181. The highest BCUT2D eigenvalue weighted by molar-refractivity contribution is 4.87. The summed E-state index contributed by atoms with van der Waals surface area (Å²) >= 11 is 0. The molecule has 0 aromatic carbocycles. The van der Waals surface area contributed by atoms with E-state index in [-0.39, 0.29) is 5.54 Å². The van der Waals surface area contributed by atoms with Crippen molar-refractivity contribution in [3.05, 3.63) is 0 Å². The largest absolute Gasteiger partial charge is 0.389 e. The third-order valence-electron chi connectivity index (χ3n) is 2.94. The fourth-order valence-corrected chi connectivity index (χ4v) is 1.70. The predicted molar refractivity (Wildman–Crippen MR) is 63.6 cm³/mol. The van der Waals surface area contributed by atoms with Gasteiger partial charge in [-0.3, -0.25) is 0 Å². The van der Waals surface area contributed by atoms with Gasteiger partial charge in [0.1, 0.15) is 0 Å². The van der Waals surface area contributed by atoms with Crippen LogP contribution in [0.25, 0.3) is 0 Å². The summed E-state index contributed by atoms with van der Waals surface area (Å²) in [7, 11) is 0. The van der Waals surface area contributed by atoms with Gasteiger partial charge in [0, 0.05) is 25.3 Å². The van der Waals surface area contributed by atoms with Crippen molar-refractivity contribution in [2.45, 2.75) is 44.8 Å². The Kier molecular flexibility index (Phi) is 6.28. The SMILES string of the molecule is CCCCOCC(O)CNC1(C)CCOC1. The number of unbranched alkanes of at least 4 members (excludes halogenated alkanes) is 1. The van der Waals surface area contributed by atoms with E-state index in [9.17, 15) is 5.11 Å². The lowest BCUT2D eigenvalue weighted by Crippen LogP contribution is -2.47. The Hall–Kier alpha value is -0.160. The maximum Gasteiger partial charge on any atom is 0.0897 e. The Morgan fingerprint density at radius 1 is 1.56 bits per heavy atom. The summed E-state index contributed by atoms with van der Waals surface area (Å²) in [5, 5.41) is 13.0. The maximum atomic E-state index is 9.69. The first-order valence-corrected chi connectivity index (χ1v) is 6.25. The second kappa shape index (κ2) is 7.22. The van der Waals surface area contributed by atoms with E-state index in [1.54, 1.807) is 0 Å². The summed E-state index contributed by atoms with van der Waals surface area (Å²) in [6.07, 6.45) is 2.78. The molecule has 0 radical (unpaired) electrons. The molecule has 4 nitrogen and oxygen atoms in total. The average molecular weight is 231 g/mol. The monoisotopic (exact) mass is 231 g/mol. The van der Waals surface area contributed by atoms with Crippen molar-refractivity contribution in [2.75, 3.05) is 33.0 Å². The highest BCUT2D eigenvalue weighted by Gasteiger charge is 2.29. The van der Waals surface area contributed by atoms with Gasteiger partial charge in [0.15, 0.2) is 0 Å². The first kappa shape index (κ1) is 13.9. The van der Waals surface area contributed by atoms with Gasteiger partial charge in [0.25, 0.3) is 0 Å². The molecule has 2 atom stereocenters. The van der Waals surface area contributed by atoms with Crippen LogP contribution in [0.5, 0.6) is 0 Å². The molecule has 1 fully saturated rings. The Morgan fingerprint density at radius 3 is 3.00 bits per heavy atom. The molecule has 1 rings (SSSR count). The lowest BCUT2D eigenvalue weighted by molar-refractivity contribution is 0.0315. The number of aliphatic hydroxyl groups excluding tert-OH is 1. The molecule has 1 aliphatic heterocycles. The maximum absolute atomic E-state index is 9.69. The van der Waals surface area contributed by atoms with Crippen molar-refractivity contribution in [1.29, 1.82) is 0 Å². The molecule has 0 amide bonds. The Labute approximate surface area is 98.3 Å². The summed E-state index contributed by atoms with van der Waals surface area (Å²) in [4.78, 5) is 0. The van der Waals surface area contributed by atoms with Crippen molar-refractivity contribution in [3.63, 3.8) is 0 Å². The number of aliphatic hydroxyl groups is 1. The van der Waals surface area contributed by atoms with Gasteiger partial charge < -0.3 is 19.9 Å². The zero-order chi connectivity index (χ0) is 11.9. The van der Waals surface area contributed by atoms with Crippen molar-refractivity contribution in [2.24, 2.45) is 0 Å². The number of hydrogen-bond donors (Lipinski definition) is 2. The lowest BCUT2D eigenvalue weighted by Gasteiger charge is -2.25. The molecule has 0 bridgehead atoms.